The van der Waals surface area contributed by atoms with E-state index in [1.807, 2.05) is 32.9 Å². The Morgan fingerprint density at radius 2 is 2.13 bits per heavy atom. The minimum absolute atomic E-state index is 0.00795. The molecule has 0 saturated carbocycles. The molecule has 3 N–H and O–H groups in total. The van der Waals surface area contributed by atoms with Crippen molar-refractivity contribution >= 4 is 17.5 Å². The molecule has 1 aromatic rings. The molecule has 1 aliphatic rings. The highest BCUT2D eigenvalue weighted by atomic mass is 16.2. The molecule has 2 amide bonds. The number of carbonyl (C=O) groups excluding carboxylic acids is 2. The molecule has 0 aliphatic carbocycles. The Morgan fingerprint density at radius 3 is 2.74 bits per heavy atom. The maximum Gasteiger partial charge on any atom is 0.251 e. The van der Waals surface area contributed by atoms with Crippen LogP contribution in [0.25, 0.3) is 0 Å². The highest BCUT2D eigenvalue weighted by Crippen LogP contribution is 2.18. The average Bonchev–Trinajstić information content (AvgIpc) is 2.49. The molecule has 0 unspecified atom stereocenters. The van der Waals surface area contributed by atoms with Gasteiger partial charge in [-0.2, -0.15) is 0 Å². The number of hydrogen-bond donors (Lipinski definition) is 3. The van der Waals surface area contributed by atoms with Crippen LogP contribution in [0.1, 0.15) is 49.0 Å². The van der Waals surface area contributed by atoms with Crippen LogP contribution in [-0.4, -0.2) is 30.9 Å². The summed E-state index contributed by atoms with van der Waals surface area (Å²) in [6, 6.07) is 5.60. The summed E-state index contributed by atoms with van der Waals surface area (Å²) in [6.07, 6.45) is 2.60. The van der Waals surface area contributed by atoms with Gasteiger partial charge in [0.15, 0.2) is 0 Å². The fraction of sp³-hybridized carbons (Fsp3) is 0.556. The second kappa shape index (κ2) is 8.11. The van der Waals surface area contributed by atoms with E-state index in [0.717, 1.165) is 37.2 Å². The highest BCUT2D eigenvalue weighted by Gasteiger charge is 2.17. The molecule has 0 spiro atoms. The van der Waals surface area contributed by atoms with Crippen LogP contribution >= 0.6 is 0 Å². The number of aryl methyl sites for hydroxylation is 1. The van der Waals surface area contributed by atoms with E-state index in [4.69, 9.17) is 0 Å². The Hall–Kier alpha value is -1.88. The number of nitrogens with one attached hydrogen (secondary N) is 3. The third kappa shape index (κ3) is 5.36. The van der Waals surface area contributed by atoms with Gasteiger partial charge in [-0.3, -0.25) is 9.59 Å². The van der Waals surface area contributed by atoms with Gasteiger partial charge in [0.1, 0.15) is 0 Å². The Balaban J connectivity index is 1.97. The normalized spacial score (nSPS) is 17.8. The van der Waals surface area contributed by atoms with Gasteiger partial charge in [0.05, 0.1) is 0 Å². The Kier molecular flexibility index (Phi) is 6.16. The predicted molar refractivity (Wildman–Crippen MR) is 92.6 cm³/mol. The van der Waals surface area contributed by atoms with Gasteiger partial charge in [-0.15, -0.1) is 0 Å². The summed E-state index contributed by atoms with van der Waals surface area (Å²) in [7, 11) is 0. The topological polar surface area (TPSA) is 70.2 Å². The monoisotopic (exact) mass is 317 g/mol. The van der Waals surface area contributed by atoms with Gasteiger partial charge in [-0.1, -0.05) is 13.8 Å². The lowest BCUT2D eigenvalue weighted by Gasteiger charge is -2.24. The summed E-state index contributed by atoms with van der Waals surface area (Å²) in [5.74, 6) is 0.278. The smallest absolute Gasteiger partial charge is 0.251 e. The van der Waals surface area contributed by atoms with Gasteiger partial charge in [-0.25, -0.2) is 0 Å². The summed E-state index contributed by atoms with van der Waals surface area (Å²) >= 11 is 0. The van der Waals surface area contributed by atoms with Crippen LogP contribution in [0, 0.1) is 12.8 Å². The van der Waals surface area contributed by atoms with Crippen LogP contribution in [0.4, 0.5) is 5.69 Å². The van der Waals surface area contributed by atoms with Gasteiger partial charge in [0.25, 0.3) is 5.91 Å². The van der Waals surface area contributed by atoms with Crippen molar-refractivity contribution in [1.82, 2.24) is 10.6 Å². The first-order chi connectivity index (χ1) is 11.0. The van der Waals surface area contributed by atoms with Crippen molar-refractivity contribution in [3.8, 4) is 0 Å². The molecule has 1 aromatic carbocycles. The van der Waals surface area contributed by atoms with E-state index < -0.39 is 0 Å². The van der Waals surface area contributed by atoms with Crippen LogP contribution in [0.2, 0.25) is 0 Å². The molecule has 126 valence electrons. The highest BCUT2D eigenvalue weighted by molar-refractivity contribution is 5.96. The van der Waals surface area contributed by atoms with Crippen molar-refractivity contribution in [3.05, 3.63) is 29.3 Å². The molecule has 1 saturated heterocycles. The van der Waals surface area contributed by atoms with Crippen molar-refractivity contribution in [2.75, 3.05) is 18.4 Å². The zero-order chi connectivity index (χ0) is 16.8. The number of benzene rings is 1. The van der Waals surface area contributed by atoms with Crippen molar-refractivity contribution in [1.29, 1.82) is 0 Å². The van der Waals surface area contributed by atoms with Crippen LogP contribution in [-0.2, 0) is 4.79 Å². The zero-order valence-electron chi connectivity index (χ0n) is 14.2. The quantitative estimate of drug-likeness (QED) is 0.781. The maximum absolute atomic E-state index is 12.3. The SMILES string of the molecule is Cc1cc(C(=O)N[C@H]2CCCNC2)ccc1NC(=O)CC(C)C. The van der Waals surface area contributed by atoms with Crippen LogP contribution in [0.15, 0.2) is 18.2 Å². The molecule has 1 heterocycles. The Morgan fingerprint density at radius 1 is 1.35 bits per heavy atom. The summed E-state index contributed by atoms with van der Waals surface area (Å²) in [5.41, 5.74) is 2.30. The maximum atomic E-state index is 12.3. The van der Waals surface area contributed by atoms with Crippen molar-refractivity contribution < 1.29 is 9.59 Å². The van der Waals surface area contributed by atoms with Crippen LogP contribution in [0.3, 0.4) is 0 Å². The second-order valence-corrected chi connectivity index (χ2v) is 6.69. The van der Waals surface area contributed by atoms with E-state index in [-0.39, 0.29) is 17.9 Å². The lowest BCUT2D eigenvalue weighted by atomic mass is 10.1. The summed E-state index contributed by atoms with van der Waals surface area (Å²) < 4.78 is 0. The Labute approximate surface area is 138 Å². The number of hydrogen-bond acceptors (Lipinski definition) is 3. The lowest BCUT2D eigenvalue weighted by molar-refractivity contribution is -0.116. The number of rotatable bonds is 5. The van der Waals surface area contributed by atoms with Crippen LogP contribution < -0.4 is 16.0 Å². The first-order valence-electron chi connectivity index (χ1n) is 8.38. The molecular formula is C18H27N3O2. The van der Waals surface area contributed by atoms with Crippen LogP contribution in [0.5, 0.6) is 0 Å². The van der Waals surface area contributed by atoms with Gasteiger partial charge in [0, 0.05) is 30.3 Å². The number of piperidine rings is 1. The Bertz CT molecular complexity index is 563. The van der Waals surface area contributed by atoms with Gasteiger partial charge < -0.3 is 16.0 Å². The molecule has 2 rings (SSSR count). The second-order valence-electron chi connectivity index (χ2n) is 6.69. The minimum atomic E-state index is -0.0538. The minimum Gasteiger partial charge on any atom is -0.348 e. The third-order valence-corrected chi connectivity index (χ3v) is 3.99. The number of amides is 2. The molecule has 0 radical (unpaired) electrons. The molecule has 1 atom stereocenters. The number of anilines is 1. The van der Waals surface area contributed by atoms with Gasteiger partial charge in [-0.05, 0) is 56.0 Å². The van der Waals surface area contributed by atoms with E-state index in [0.29, 0.717) is 17.9 Å². The molecule has 0 aromatic heterocycles. The molecular weight excluding hydrogens is 290 g/mol. The largest absolute Gasteiger partial charge is 0.348 e. The summed E-state index contributed by atoms with van der Waals surface area (Å²) in [6.45, 7) is 7.79. The first-order valence-corrected chi connectivity index (χ1v) is 8.38. The lowest BCUT2D eigenvalue weighted by Crippen LogP contribution is -2.45. The summed E-state index contributed by atoms with van der Waals surface area (Å²) in [5, 5.41) is 9.26. The standard InChI is InChI=1S/C18H27N3O2/c1-12(2)9-17(22)21-16-7-6-14(10-13(16)3)18(23)20-15-5-4-8-19-11-15/h6-7,10,12,15,19H,4-5,8-9,11H2,1-3H3,(H,20,23)(H,21,22)/t15-/m0/s1. The average molecular weight is 317 g/mol. The van der Waals surface area contributed by atoms with Crippen molar-refractivity contribution in [2.24, 2.45) is 5.92 Å². The van der Waals surface area contributed by atoms with Gasteiger partial charge in [0.2, 0.25) is 5.91 Å². The third-order valence-electron chi connectivity index (χ3n) is 3.99. The van der Waals surface area contributed by atoms with Gasteiger partial charge >= 0.3 is 0 Å². The molecule has 5 nitrogen and oxygen atoms in total. The predicted octanol–water partition coefficient (Wildman–Crippen LogP) is 2.46. The molecule has 1 aliphatic heterocycles. The van der Waals surface area contributed by atoms with Crippen molar-refractivity contribution in [2.45, 2.75) is 46.1 Å². The molecule has 0 bridgehead atoms. The van der Waals surface area contributed by atoms with E-state index in [9.17, 15) is 9.59 Å². The fourth-order valence-electron chi connectivity index (χ4n) is 2.76. The summed E-state index contributed by atoms with van der Waals surface area (Å²) in [4.78, 5) is 24.2. The molecule has 23 heavy (non-hydrogen) atoms. The first kappa shape index (κ1) is 17.5. The molecule has 1 fully saturated rings. The van der Waals surface area contributed by atoms with E-state index in [2.05, 4.69) is 16.0 Å². The molecule has 5 heteroatoms. The fourth-order valence-corrected chi connectivity index (χ4v) is 2.76. The zero-order valence-corrected chi connectivity index (χ0v) is 14.2. The van der Waals surface area contributed by atoms with E-state index in [1.165, 1.54) is 0 Å². The number of carbonyl (C=O) groups is 2. The van der Waals surface area contributed by atoms with E-state index in [1.54, 1.807) is 6.07 Å². The van der Waals surface area contributed by atoms with Crippen molar-refractivity contribution in [3.63, 3.8) is 0 Å². The van der Waals surface area contributed by atoms with E-state index >= 15 is 0 Å².